The van der Waals surface area contributed by atoms with E-state index in [4.69, 9.17) is 16.3 Å². The Morgan fingerprint density at radius 2 is 1.96 bits per heavy atom. The second-order valence-corrected chi connectivity index (χ2v) is 8.95. The van der Waals surface area contributed by atoms with E-state index < -0.39 is 22.0 Å². The van der Waals surface area contributed by atoms with E-state index in [0.717, 1.165) is 15.5 Å². The van der Waals surface area contributed by atoms with E-state index in [2.05, 4.69) is 5.32 Å². The molecule has 1 N–H and O–H groups in total. The van der Waals surface area contributed by atoms with Gasteiger partial charge in [-0.25, -0.2) is 8.42 Å². The van der Waals surface area contributed by atoms with Crippen LogP contribution in [0.15, 0.2) is 47.4 Å². The number of methoxy groups -OCH3 is 1. The van der Waals surface area contributed by atoms with Crippen LogP contribution in [-0.4, -0.2) is 40.0 Å². The molecule has 2 rings (SSSR count). The third kappa shape index (κ3) is 5.31. The number of rotatable bonds is 7. The highest BCUT2D eigenvalue weighted by molar-refractivity contribution is 7.98. The molecule has 0 saturated heterocycles. The summed E-state index contributed by atoms with van der Waals surface area (Å²) in [5, 5.41) is 3.09. The molecule has 1 atom stereocenters. The Morgan fingerprint density at radius 3 is 2.56 bits per heavy atom. The molecule has 6 nitrogen and oxygen atoms in total. The third-order valence-electron chi connectivity index (χ3n) is 3.80. The topological polar surface area (TPSA) is 75.7 Å². The lowest BCUT2D eigenvalue weighted by atomic mass is 10.2. The molecular formula is C18H21ClN2O4S2. The Bertz CT molecular complexity index is 935. The van der Waals surface area contributed by atoms with Crippen molar-refractivity contribution in [1.29, 1.82) is 0 Å². The quantitative estimate of drug-likeness (QED) is 0.677. The molecule has 0 aliphatic heterocycles. The van der Waals surface area contributed by atoms with Crippen LogP contribution in [0.2, 0.25) is 5.02 Å². The summed E-state index contributed by atoms with van der Waals surface area (Å²) in [6.45, 7) is 1.51. The largest absolute Gasteiger partial charge is 0.495 e. The summed E-state index contributed by atoms with van der Waals surface area (Å²) < 4.78 is 31.2. The first-order valence-electron chi connectivity index (χ1n) is 7.95. The first-order valence-corrected chi connectivity index (χ1v) is 11.4. The SMILES string of the molecule is COc1ccc(Cl)cc1N([C@@H](C)C(=O)Nc1cccc(SC)c1)S(C)(=O)=O. The zero-order valence-electron chi connectivity index (χ0n) is 15.4. The lowest BCUT2D eigenvalue weighted by Gasteiger charge is -2.29. The van der Waals surface area contributed by atoms with Gasteiger partial charge in [0, 0.05) is 15.6 Å². The van der Waals surface area contributed by atoms with Gasteiger partial charge in [0.25, 0.3) is 0 Å². The molecule has 146 valence electrons. The van der Waals surface area contributed by atoms with Crippen molar-refractivity contribution in [3.05, 3.63) is 47.5 Å². The maximum absolute atomic E-state index is 12.8. The molecule has 0 bridgehead atoms. The summed E-state index contributed by atoms with van der Waals surface area (Å²) in [4.78, 5) is 13.7. The molecule has 0 aliphatic rings. The van der Waals surface area contributed by atoms with Crippen molar-refractivity contribution < 1.29 is 17.9 Å². The third-order valence-corrected chi connectivity index (χ3v) is 5.99. The van der Waals surface area contributed by atoms with Crippen LogP contribution < -0.4 is 14.4 Å². The zero-order chi connectivity index (χ0) is 20.2. The number of carbonyl (C=O) groups is 1. The number of carbonyl (C=O) groups excluding carboxylic acids is 1. The fraction of sp³-hybridized carbons (Fsp3) is 0.278. The number of amides is 1. The lowest BCUT2D eigenvalue weighted by Crippen LogP contribution is -2.45. The van der Waals surface area contributed by atoms with Crippen molar-refractivity contribution >= 4 is 50.7 Å². The Morgan fingerprint density at radius 1 is 1.26 bits per heavy atom. The number of sulfonamides is 1. The first kappa shape index (κ1) is 21.4. The Balaban J connectivity index is 2.39. The highest BCUT2D eigenvalue weighted by Gasteiger charge is 2.31. The second kappa shape index (κ2) is 8.86. The first-order chi connectivity index (χ1) is 12.7. The van der Waals surface area contributed by atoms with Crippen LogP contribution in [-0.2, 0) is 14.8 Å². The van der Waals surface area contributed by atoms with Gasteiger partial charge in [-0.1, -0.05) is 17.7 Å². The second-order valence-electron chi connectivity index (χ2n) is 5.77. The van der Waals surface area contributed by atoms with Gasteiger partial charge in [-0.2, -0.15) is 0 Å². The molecule has 2 aromatic carbocycles. The Labute approximate surface area is 168 Å². The molecule has 0 spiro atoms. The summed E-state index contributed by atoms with van der Waals surface area (Å²) >= 11 is 7.58. The van der Waals surface area contributed by atoms with Crippen LogP contribution in [0.1, 0.15) is 6.92 Å². The highest BCUT2D eigenvalue weighted by atomic mass is 35.5. The molecule has 0 aromatic heterocycles. The molecule has 1 amide bonds. The van der Waals surface area contributed by atoms with Crippen molar-refractivity contribution in [2.24, 2.45) is 0 Å². The van der Waals surface area contributed by atoms with Gasteiger partial charge in [-0.05, 0) is 49.6 Å². The van der Waals surface area contributed by atoms with Gasteiger partial charge in [-0.3, -0.25) is 9.10 Å². The molecule has 9 heteroatoms. The van der Waals surface area contributed by atoms with Gasteiger partial charge in [0.1, 0.15) is 11.8 Å². The monoisotopic (exact) mass is 428 g/mol. The van der Waals surface area contributed by atoms with Crippen molar-refractivity contribution in [3.63, 3.8) is 0 Å². The summed E-state index contributed by atoms with van der Waals surface area (Å²) in [5.74, 6) is -0.172. The number of thioether (sulfide) groups is 1. The number of anilines is 2. The van der Waals surface area contributed by atoms with Gasteiger partial charge >= 0.3 is 0 Å². The van der Waals surface area contributed by atoms with E-state index in [9.17, 15) is 13.2 Å². The van der Waals surface area contributed by atoms with Crippen molar-refractivity contribution in [2.45, 2.75) is 17.9 Å². The number of benzene rings is 2. The molecule has 0 radical (unpaired) electrons. The van der Waals surface area contributed by atoms with E-state index in [1.165, 1.54) is 20.1 Å². The van der Waals surface area contributed by atoms with Crippen LogP contribution in [0.5, 0.6) is 5.75 Å². The fourth-order valence-corrected chi connectivity index (χ4v) is 4.36. The average Bonchev–Trinajstić information content (AvgIpc) is 2.61. The van der Waals surface area contributed by atoms with E-state index in [-0.39, 0.29) is 5.69 Å². The summed E-state index contributed by atoms with van der Waals surface area (Å²) in [6.07, 6.45) is 2.96. The van der Waals surface area contributed by atoms with Crippen molar-refractivity contribution in [2.75, 3.05) is 29.2 Å². The smallest absolute Gasteiger partial charge is 0.247 e. The number of nitrogens with zero attached hydrogens (tertiary/aromatic N) is 1. The number of hydrogen-bond acceptors (Lipinski definition) is 5. The summed E-state index contributed by atoms with van der Waals surface area (Å²) in [7, 11) is -2.36. The van der Waals surface area contributed by atoms with Crippen LogP contribution in [0.25, 0.3) is 0 Å². The van der Waals surface area contributed by atoms with E-state index in [1.54, 1.807) is 30.0 Å². The fourth-order valence-electron chi connectivity index (χ4n) is 2.56. The predicted octanol–water partition coefficient (Wildman–Crippen LogP) is 3.86. The minimum Gasteiger partial charge on any atom is -0.495 e. The molecular weight excluding hydrogens is 408 g/mol. The number of nitrogens with one attached hydrogen (secondary N) is 1. The van der Waals surface area contributed by atoms with Gasteiger partial charge in [-0.15, -0.1) is 11.8 Å². The molecule has 0 aliphatic carbocycles. The van der Waals surface area contributed by atoms with Gasteiger partial charge in [0.2, 0.25) is 15.9 Å². The van der Waals surface area contributed by atoms with E-state index >= 15 is 0 Å². The van der Waals surface area contributed by atoms with Crippen LogP contribution >= 0.6 is 23.4 Å². The number of halogens is 1. The summed E-state index contributed by atoms with van der Waals surface area (Å²) in [6, 6.07) is 10.9. The Kier molecular flexibility index (Phi) is 7.02. The van der Waals surface area contributed by atoms with Crippen molar-refractivity contribution in [1.82, 2.24) is 0 Å². The molecule has 0 unspecified atom stereocenters. The van der Waals surface area contributed by atoms with Gasteiger partial charge < -0.3 is 10.1 Å². The number of ether oxygens (including phenoxy) is 1. The highest BCUT2D eigenvalue weighted by Crippen LogP contribution is 2.34. The molecule has 2 aromatic rings. The molecule has 0 fully saturated rings. The van der Waals surface area contributed by atoms with Gasteiger partial charge in [0.05, 0.1) is 19.1 Å². The Hall–Kier alpha value is -1.90. The van der Waals surface area contributed by atoms with Crippen molar-refractivity contribution in [3.8, 4) is 5.75 Å². The molecule has 27 heavy (non-hydrogen) atoms. The molecule has 0 heterocycles. The van der Waals surface area contributed by atoms with Crippen LogP contribution in [0, 0.1) is 0 Å². The predicted molar refractivity (Wildman–Crippen MR) is 112 cm³/mol. The maximum atomic E-state index is 12.8. The maximum Gasteiger partial charge on any atom is 0.247 e. The van der Waals surface area contributed by atoms with Gasteiger partial charge in [0.15, 0.2) is 0 Å². The average molecular weight is 429 g/mol. The lowest BCUT2D eigenvalue weighted by molar-refractivity contribution is -0.116. The zero-order valence-corrected chi connectivity index (χ0v) is 17.8. The van der Waals surface area contributed by atoms with E-state index in [0.29, 0.717) is 16.5 Å². The standard InChI is InChI=1S/C18H21ClN2O4S2/c1-12(18(22)20-14-6-5-7-15(11-14)26-3)21(27(4,23)24)16-10-13(19)8-9-17(16)25-2/h5-12H,1-4H3,(H,20,22)/t12-/m0/s1. The minimum absolute atomic E-state index is 0.202. The normalized spacial score (nSPS) is 12.3. The van der Waals surface area contributed by atoms with E-state index in [1.807, 2.05) is 24.5 Å². The molecule has 0 saturated carbocycles. The number of hydrogen-bond donors (Lipinski definition) is 1. The van der Waals surface area contributed by atoms with Crippen LogP contribution in [0.4, 0.5) is 11.4 Å². The summed E-state index contributed by atoms with van der Waals surface area (Å²) in [5.41, 5.74) is 0.790. The minimum atomic E-state index is -3.79. The van der Waals surface area contributed by atoms with Crippen LogP contribution in [0.3, 0.4) is 0 Å².